The number of hydrogen-bond donors (Lipinski definition) is 1. The molecule has 0 aliphatic heterocycles. The maximum absolute atomic E-state index is 11.0. The fraction of sp³-hybridized carbons (Fsp3) is 0.125. The Balaban J connectivity index is 2.94. The van der Waals surface area contributed by atoms with E-state index in [0.29, 0.717) is 15.9 Å². The van der Waals surface area contributed by atoms with E-state index in [2.05, 4.69) is 26.1 Å². The van der Waals surface area contributed by atoms with Crippen LogP contribution in [0.4, 0.5) is 0 Å². The van der Waals surface area contributed by atoms with E-state index >= 15 is 0 Å². The highest BCUT2D eigenvalue weighted by Gasteiger charge is 2.15. The van der Waals surface area contributed by atoms with Crippen LogP contribution in [-0.2, 0) is 0 Å². The molecule has 14 heavy (non-hydrogen) atoms. The first kappa shape index (κ1) is 9.14. The summed E-state index contributed by atoms with van der Waals surface area (Å²) in [5.41, 5.74) is 0.674. The van der Waals surface area contributed by atoms with Gasteiger partial charge in [0, 0.05) is 4.47 Å². The van der Waals surface area contributed by atoms with Crippen molar-refractivity contribution >= 4 is 27.5 Å². The largest absolute Gasteiger partial charge is 0.477 e. The molecule has 2 aromatic heterocycles. The lowest BCUT2D eigenvalue weighted by Crippen LogP contribution is -2.07. The molecule has 2 heterocycles. The Hall–Kier alpha value is -1.43. The van der Waals surface area contributed by atoms with Crippen LogP contribution in [0, 0.1) is 6.92 Å². The number of aryl methyl sites for hydroxylation is 1. The number of carboxylic acids is 1. The molecule has 0 fully saturated rings. The van der Waals surface area contributed by atoms with Crippen LogP contribution < -0.4 is 0 Å². The number of nitrogens with zero attached hydrogens (tertiary/aromatic N) is 3. The van der Waals surface area contributed by atoms with Gasteiger partial charge in [-0.2, -0.15) is 0 Å². The van der Waals surface area contributed by atoms with Gasteiger partial charge in [0.1, 0.15) is 11.5 Å². The summed E-state index contributed by atoms with van der Waals surface area (Å²) in [6.45, 7) is 1.71. The van der Waals surface area contributed by atoms with Crippen LogP contribution in [0.1, 0.15) is 16.3 Å². The summed E-state index contributed by atoms with van der Waals surface area (Å²) in [5.74, 6) is -0.455. The summed E-state index contributed by atoms with van der Waals surface area (Å²) in [6, 6.07) is 3.35. The number of carbonyl (C=O) groups is 1. The van der Waals surface area contributed by atoms with E-state index in [1.165, 1.54) is 4.40 Å². The Labute approximate surface area is 87.5 Å². The van der Waals surface area contributed by atoms with Crippen molar-refractivity contribution in [2.75, 3.05) is 0 Å². The van der Waals surface area contributed by atoms with E-state index in [4.69, 9.17) is 5.11 Å². The van der Waals surface area contributed by atoms with Gasteiger partial charge in [0.25, 0.3) is 0 Å². The number of pyridine rings is 1. The molecule has 2 rings (SSSR count). The summed E-state index contributed by atoms with van der Waals surface area (Å²) in [5, 5.41) is 16.6. The molecule has 1 N–H and O–H groups in total. The zero-order valence-electron chi connectivity index (χ0n) is 7.23. The lowest BCUT2D eigenvalue weighted by molar-refractivity contribution is 0.0687. The zero-order valence-corrected chi connectivity index (χ0v) is 8.82. The number of aromatic nitrogens is 3. The summed E-state index contributed by atoms with van der Waals surface area (Å²) in [7, 11) is 0. The van der Waals surface area contributed by atoms with Gasteiger partial charge in [-0.3, -0.25) is 4.40 Å². The summed E-state index contributed by atoms with van der Waals surface area (Å²) in [4.78, 5) is 11.0. The highest BCUT2D eigenvalue weighted by atomic mass is 79.9. The predicted molar refractivity (Wildman–Crippen MR) is 52.4 cm³/mol. The molecular weight excluding hydrogens is 250 g/mol. The van der Waals surface area contributed by atoms with Crippen molar-refractivity contribution in [3.63, 3.8) is 0 Å². The van der Waals surface area contributed by atoms with E-state index < -0.39 is 5.97 Å². The second-order valence-electron chi connectivity index (χ2n) is 2.78. The summed E-state index contributed by atoms with van der Waals surface area (Å²) in [6.07, 6.45) is 0. The van der Waals surface area contributed by atoms with E-state index in [1.54, 1.807) is 19.1 Å². The van der Waals surface area contributed by atoms with Crippen molar-refractivity contribution in [3.8, 4) is 0 Å². The molecule has 0 saturated carbocycles. The third-order valence-corrected chi connectivity index (χ3v) is 2.52. The van der Waals surface area contributed by atoms with E-state index in [1.807, 2.05) is 0 Å². The highest BCUT2D eigenvalue weighted by Crippen LogP contribution is 2.19. The van der Waals surface area contributed by atoms with Gasteiger partial charge >= 0.3 is 5.97 Å². The number of aromatic carboxylic acids is 1. The molecule has 5 nitrogen and oxygen atoms in total. The smallest absolute Gasteiger partial charge is 0.354 e. The second-order valence-corrected chi connectivity index (χ2v) is 3.63. The van der Waals surface area contributed by atoms with Crippen LogP contribution in [0.5, 0.6) is 0 Å². The molecule has 0 amide bonds. The summed E-state index contributed by atoms with van der Waals surface area (Å²) >= 11 is 3.18. The van der Waals surface area contributed by atoms with E-state index in [-0.39, 0.29) is 5.69 Å². The van der Waals surface area contributed by atoms with Crippen LogP contribution in [0.25, 0.3) is 5.65 Å². The fourth-order valence-electron chi connectivity index (χ4n) is 1.29. The van der Waals surface area contributed by atoms with E-state index in [0.717, 1.165) is 0 Å². The Morgan fingerprint density at radius 3 is 2.86 bits per heavy atom. The number of hydrogen-bond acceptors (Lipinski definition) is 3. The quantitative estimate of drug-likeness (QED) is 0.839. The second kappa shape index (κ2) is 3.06. The SMILES string of the molecule is Cc1nnc2ccc(Br)c(C(=O)O)n12. The maximum Gasteiger partial charge on any atom is 0.354 e. The molecule has 0 bridgehead atoms. The molecule has 72 valence electrons. The van der Waals surface area contributed by atoms with Crippen LogP contribution in [-0.4, -0.2) is 25.7 Å². The molecule has 0 spiro atoms. The van der Waals surface area contributed by atoms with Crippen LogP contribution in [0.15, 0.2) is 16.6 Å². The van der Waals surface area contributed by atoms with Crippen molar-refractivity contribution < 1.29 is 9.90 Å². The lowest BCUT2D eigenvalue weighted by atomic mass is 10.3. The number of halogens is 1. The normalized spacial score (nSPS) is 10.7. The Morgan fingerprint density at radius 2 is 2.21 bits per heavy atom. The van der Waals surface area contributed by atoms with Gasteiger partial charge in [0.05, 0.1) is 0 Å². The predicted octanol–water partition coefficient (Wildman–Crippen LogP) is 1.50. The minimum Gasteiger partial charge on any atom is -0.477 e. The number of carboxylic acid groups (broad SMARTS) is 1. The van der Waals surface area contributed by atoms with Crippen molar-refractivity contribution in [1.82, 2.24) is 14.6 Å². The zero-order chi connectivity index (χ0) is 10.3. The average molecular weight is 256 g/mol. The highest BCUT2D eigenvalue weighted by molar-refractivity contribution is 9.10. The minimum atomic E-state index is -1.01. The Kier molecular flexibility index (Phi) is 1.99. The minimum absolute atomic E-state index is 0.144. The van der Waals surface area contributed by atoms with Crippen LogP contribution in [0.3, 0.4) is 0 Å². The van der Waals surface area contributed by atoms with Gasteiger partial charge < -0.3 is 5.11 Å². The molecule has 0 radical (unpaired) electrons. The van der Waals surface area contributed by atoms with Gasteiger partial charge in [-0.1, -0.05) is 0 Å². The van der Waals surface area contributed by atoms with Crippen molar-refractivity contribution in [3.05, 3.63) is 28.1 Å². The van der Waals surface area contributed by atoms with Crippen molar-refractivity contribution in [2.45, 2.75) is 6.92 Å². The van der Waals surface area contributed by atoms with Gasteiger partial charge in [-0.25, -0.2) is 4.79 Å². The molecular formula is C8H6BrN3O2. The molecule has 6 heteroatoms. The third kappa shape index (κ3) is 1.19. The Morgan fingerprint density at radius 1 is 1.50 bits per heavy atom. The lowest BCUT2D eigenvalue weighted by Gasteiger charge is -2.03. The fourth-order valence-corrected chi connectivity index (χ4v) is 1.77. The molecule has 2 aromatic rings. The topological polar surface area (TPSA) is 67.5 Å². The van der Waals surface area contributed by atoms with E-state index in [9.17, 15) is 4.79 Å². The van der Waals surface area contributed by atoms with Crippen LogP contribution >= 0.6 is 15.9 Å². The standard InChI is InChI=1S/C8H6BrN3O2/c1-4-10-11-6-3-2-5(9)7(8(13)14)12(4)6/h2-3H,1H3,(H,13,14). The monoisotopic (exact) mass is 255 g/mol. The van der Waals surface area contributed by atoms with Gasteiger partial charge in [0.2, 0.25) is 0 Å². The first-order valence-electron chi connectivity index (χ1n) is 3.85. The molecule has 0 saturated heterocycles. The number of rotatable bonds is 1. The molecule has 0 aliphatic carbocycles. The van der Waals surface area contributed by atoms with Crippen molar-refractivity contribution in [1.29, 1.82) is 0 Å². The van der Waals surface area contributed by atoms with Gasteiger partial charge in [-0.15, -0.1) is 10.2 Å². The van der Waals surface area contributed by atoms with Crippen LogP contribution in [0.2, 0.25) is 0 Å². The molecule has 0 unspecified atom stereocenters. The Bertz CT molecular complexity index is 521. The molecule has 0 aliphatic rings. The molecule has 0 atom stereocenters. The first-order chi connectivity index (χ1) is 6.61. The maximum atomic E-state index is 11.0. The van der Waals surface area contributed by atoms with Gasteiger partial charge in [0.15, 0.2) is 5.65 Å². The average Bonchev–Trinajstić information content (AvgIpc) is 2.47. The summed E-state index contributed by atoms with van der Waals surface area (Å²) < 4.78 is 2.01. The van der Waals surface area contributed by atoms with Gasteiger partial charge in [-0.05, 0) is 35.0 Å². The van der Waals surface area contributed by atoms with Crippen molar-refractivity contribution in [2.24, 2.45) is 0 Å². The first-order valence-corrected chi connectivity index (χ1v) is 4.64. The number of fused-ring (bicyclic) bond motifs is 1. The third-order valence-electron chi connectivity index (χ3n) is 1.88. The molecule has 0 aromatic carbocycles.